The third kappa shape index (κ3) is 4.19. The Hall–Kier alpha value is -1.63. The van der Waals surface area contributed by atoms with Gasteiger partial charge in [0.15, 0.2) is 4.80 Å². The smallest absolute Gasteiger partial charge is 0.279 e. The lowest BCUT2D eigenvalue weighted by atomic mass is 10.2. The molecular formula is C20H23Cl2N3O2S. The molecule has 0 N–H and O–H groups in total. The zero-order chi connectivity index (χ0) is 20.4. The summed E-state index contributed by atoms with van der Waals surface area (Å²) in [6.45, 7) is 7.53. The molecule has 150 valence electrons. The predicted molar refractivity (Wildman–Crippen MR) is 113 cm³/mol. The number of carbonyl (C=O) groups is 2. The van der Waals surface area contributed by atoms with Gasteiger partial charge in [0.1, 0.15) is 6.04 Å². The molecule has 0 bridgehead atoms. The van der Waals surface area contributed by atoms with Crippen LogP contribution in [0.5, 0.6) is 0 Å². The van der Waals surface area contributed by atoms with E-state index in [4.69, 9.17) is 23.2 Å². The topological polar surface area (TPSA) is 54.7 Å². The minimum absolute atomic E-state index is 0.101. The van der Waals surface area contributed by atoms with Crippen LogP contribution in [0.3, 0.4) is 0 Å². The first-order valence-corrected chi connectivity index (χ1v) is 10.9. The normalized spacial score (nSPS) is 15.9. The van der Waals surface area contributed by atoms with Crippen molar-refractivity contribution in [1.29, 1.82) is 0 Å². The first-order chi connectivity index (χ1) is 13.3. The average molecular weight is 440 g/mol. The lowest BCUT2D eigenvalue weighted by Gasteiger charge is -2.24. The van der Waals surface area contributed by atoms with Gasteiger partial charge in [-0.15, -0.1) is 11.3 Å². The summed E-state index contributed by atoms with van der Waals surface area (Å²) in [7, 11) is 0. The van der Waals surface area contributed by atoms with Crippen LogP contribution in [0.25, 0.3) is 0 Å². The molecule has 3 rings (SSSR count). The number of aryl methyl sites for hydroxylation is 1. The average Bonchev–Trinajstić information content (AvgIpc) is 3.29. The standard InChI is InChI=1S/C20H23Cl2N3O2S/c1-4-17(19(27)24-9-5-6-10-24)25-12(2)13(3)28-20(25)23-18(26)14-7-8-15(21)16(22)11-14/h7-8,11,17H,4-6,9-10H2,1-3H3. The van der Waals surface area contributed by atoms with E-state index in [2.05, 4.69) is 4.99 Å². The molecule has 8 heteroatoms. The van der Waals surface area contributed by atoms with Crippen molar-refractivity contribution in [3.8, 4) is 0 Å². The summed E-state index contributed by atoms with van der Waals surface area (Å²) in [5, 5.41) is 0.697. The van der Waals surface area contributed by atoms with Crippen molar-refractivity contribution in [2.45, 2.75) is 46.1 Å². The third-order valence-corrected chi connectivity index (χ3v) is 6.90. The molecule has 1 aromatic carbocycles. The molecule has 0 spiro atoms. The van der Waals surface area contributed by atoms with E-state index in [0.717, 1.165) is 36.5 Å². The first kappa shape index (κ1) is 21.1. The molecule has 1 fully saturated rings. The Balaban J connectivity index is 2.03. The van der Waals surface area contributed by atoms with Gasteiger partial charge in [-0.25, -0.2) is 0 Å². The molecule has 2 heterocycles. The second kappa shape index (κ2) is 8.80. The highest BCUT2D eigenvalue weighted by Gasteiger charge is 2.28. The monoisotopic (exact) mass is 439 g/mol. The highest BCUT2D eigenvalue weighted by atomic mass is 35.5. The van der Waals surface area contributed by atoms with Gasteiger partial charge in [-0.05, 0) is 51.3 Å². The molecule has 1 atom stereocenters. The van der Waals surface area contributed by atoms with Crippen LogP contribution in [-0.2, 0) is 4.79 Å². The molecule has 1 aliphatic heterocycles. The van der Waals surface area contributed by atoms with Crippen molar-refractivity contribution in [2.24, 2.45) is 4.99 Å². The van der Waals surface area contributed by atoms with Gasteiger partial charge in [0.05, 0.1) is 10.0 Å². The quantitative estimate of drug-likeness (QED) is 0.687. The van der Waals surface area contributed by atoms with Gasteiger partial charge in [0.2, 0.25) is 5.91 Å². The fraction of sp³-hybridized carbons (Fsp3) is 0.450. The Labute approximate surface area is 178 Å². The Morgan fingerprint density at radius 2 is 1.86 bits per heavy atom. The van der Waals surface area contributed by atoms with Crippen LogP contribution < -0.4 is 4.80 Å². The maximum absolute atomic E-state index is 13.1. The molecule has 1 saturated heterocycles. The third-order valence-electron chi connectivity index (χ3n) is 5.09. The van der Waals surface area contributed by atoms with Gasteiger partial charge >= 0.3 is 0 Å². The summed E-state index contributed by atoms with van der Waals surface area (Å²) in [6, 6.07) is 4.34. The van der Waals surface area contributed by atoms with Gasteiger partial charge < -0.3 is 9.47 Å². The maximum atomic E-state index is 13.1. The number of amides is 2. The molecule has 1 unspecified atom stereocenters. The van der Waals surface area contributed by atoms with Gasteiger partial charge in [-0.1, -0.05) is 30.1 Å². The van der Waals surface area contributed by atoms with Gasteiger partial charge in [0, 0.05) is 29.2 Å². The van der Waals surface area contributed by atoms with Crippen LogP contribution >= 0.6 is 34.5 Å². The number of likely N-dealkylation sites (tertiary alicyclic amines) is 1. The zero-order valence-corrected chi connectivity index (χ0v) is 18.5. The van der Waals surface area contributed by atoms with Crippen molar-refractivity contribution < 1.29 is 9.59 Å². The van der Waals surface area contributed by atoms with Crippen LogP contribution in [0.2, 0.25) is 10.0 Å². The number of thiazole rings is 1. The highest BCUT2D eigenvalue weighted by molar-refractivity contribution is 7.09. The van der Waals surface area contributed by atoms with E-state index in [1.807, 2.05) is 30.2 Å². The fourth-order valence-corrected chi connectivity index (χ4v) is 4.72. The number of hydrogen-bond donors (Lipinski definition) is 0. The van der Waals surface area contributed by atoms with E-state index in [-0.39, 0.29) is 11.9 Å². The molecule has 2 amide bonds. The summed E-state index contributed by atoms with van der Waals surface area (Å²) >= 11 is 13.4. The Bertz CT molecular complexity index is 974. The predicted octanol–water partition coefficient (Wildman–Crippen LogP) is 4.79. The van der Waals surface area contributed by atoms with Crippen molar-refractivity contribution in [1.82, 2.24) is 9.47 Å². The molecule has 28 heavy (non-hydrogen) atoms. The number of aromatic nitrogens is 1. The van der Waals surface area contributed by atoms with Crippen LogP contribution in [0.4, 0.5) is 0 Å². The molecule has 0 aliphatic carbocycles. The number of benzene rings is 1. The van der Waals surface area contributed by atoms with Crippen molar-refractivity contribution in [2.75, 3.05) is 13.1 Å². The van der Waals surface area contributed by atoms with Crippen LogP contribution in [-0.4, -0.2) is 34.4 Å². The summed E-state index contributed by atoms with van der Waals surface area (Å²) < 4.78 is 1.91. The Morgan fingerprint density at radius 1 is 1.18 bits per heavy atom. The maximum Gasteiger partial charge on any atom is 0.279 e. The number of rotatable bonds is 4. The summed E-state index contributed by atoms with van der Waals surface area (Å²) in [6.07, 6.45) is 2.73. The molecule has 1 aromatic heterocycles. The minimum Gasteiger partial charge on any atom is -0.341 e. The number of carbonyl (C=O) groups excluding carboxylic acids is 2. The van der Waals surface area contributed by atoms with Crippen LogP contribution in [0, 0.1) is 13.8 Å². The number of hydrogen-bond acceptors (Lipinski definition) is 3. The van der Waals surface area contributed by atoms with Gasteiger partial charge in [-0.2, -0.15) is 4.99 Å². The lowest BCUT2D eigenvalue weighted by molar-refractivity contribution is -0.133. The lowest BCUT2D eigenvalue weighted by Crippen LogP contribution is -2.38. The first-order valence-electron chi connectivity index (χ1n) is 9.35. The van der Waals surface area contributed by atoms with E-state index in [0.29, 0.717) is 26.8 Å². The second-order valence-electron chi connectivity index (χ2n) is 6.90. The summed E-state index contributed by atoms with van der Waals surface area (Å²) in [5.74, 6) is -0.304. The number of halogens is 2. The van der Waals surface area contributed by atoms with Gasteiger partial charge in [-0.3, -0.25) is 9.59 Å². The number of nitrogens with zero attached hydrogens (tertiary/aromatic N) is 3. The molecule has 1 aliphatic rings. The molecule has 0 saturated carbocycles. The van der Waals surface area contributed by atoms with Crippen LogP contribution in [0.15, 0.2) is 23.2 Å². The molecule has 5 nitrogen and oxygen atoms in total. The second-order valence-corrected chi connectivity index (χ2v) is 8.89. The van der Waals surface area contributed by atoms with Crippen LogP contribution in [0.1, 0.15) is 53.2 Å². The Morgan fingerprint density at radius 3 is 2.46 bits per heavy atom. The fourth-order valence-electron chi connectivity index (χ4n) is 3.41. The van der Waals surface area contributed by atoms with Crippen molar-refractivity contribution >= 4 is 46.4 Å². The van der Waals surface area contributed by atoms with E-state index in [1.54, 1.807) is 12.1 Å². The van der Waals surface area contributed by atoms with Gasteiger partial charge in [0.25, 0.3) is 5.91 Å². The van der Waals surface area contributed by atoms with E-state index < -0.39 is 5.91 Å². The summed E-state index contributed by atoms with van der Waals surface area (Å²) in [4.78, 5) is 33.6. The molecule has 2 aromatic rings. The highest BCUT2D eigenvalue weighted by Crippen LogP contribution is 2.24. The summed E-state index contributed by atoms with van der Waals surface area (Å²) in [5.41, 5.74) is 1.33. The largest absolute Gasteiger partial charge is 0.341 e. The Kier molecular flexibility index (Phi) is 6.63. The molecular weight excluding hydrogens is 417 g/mol. The van der Waals surface area contributed by atoms with Crippen molar-refractivity contribution in [3.05, 3.63) is 49.2 Å². The van der Waals surface area contributed by atoms with E-state index in [9.17, 15) is 9.59 Å². The van der Waals surface area contributed by atoms with E-state index >= 15 is 0 Å². The van der Waals surface area contributed by atoms with Crippen molar-refractivity contribution in [3.63, 3.8) is 0 Å². The SMILES string of the molecule is CCC(C(=O)N1CCCC1)n1c(C)c(C)sc1=NC(=O)c1ccc(Cl)c(Cl)c1. The molecule has 0 radical (unpaired) electrons. The van der Waals surface area contributed by atoms with E-state index in [1.165, 1.54) is 17.4 Å². The zero-order valence-electron chi connectivity index (χ0n) is 16.2. The minimum atomic E-state index is -0.406.